The molecular weight excluding hydrogens is 343 g/mol. The van der Waals surface area contributed by atoms with Crippen molar-refractivity contribution in [1.82, 2.24) is 4.98 Å². The molecule has 0 N–H and O–H groups in total. The van der Waals surface area contributed by atoms with Gasteiger partial charge < -0.3 is 0 Å². The van der Waals surface area contributed by atoms with Crippen molar-refractivity contribution in [2.45, 2.75) is 4.90 Å². The quantitative estimate of drug-likeness (QED) is 0.463. The second kappa shape index (κ2) is 5.72. The van der Waals surface area contributed by atoms with Crippen molar-refractivity contribution in [3.8, 4) is 17.0 Å². The van der Waals surface area contributed by atoms with Gasteiger partial charge in [-0.3, -0.25) is 0 Å². The van der Waals surface area contributed by atoms with E-state index < -0.39 is 0 Å². The van der Waals surface area contributed by atoms with Gasteiger partial charge in [-0.1, -0.05) is 0 Å². The van der Waals surface area contributed by atoms with E-state index in [2.05, 4.69) is 26.7 Å². The van der Waals surface area contributed by atoms with E-state index in [0.717, 1.165) is 25.3 Å². The maximum absolute atomic E-state index is 10.3. The van der Waals surface area contributed by atoms with Crippen molar-refractivity contribution in [2.75, 3.05) is 0 Å². The van der Waals surface area contributed by atoms with Gasteiger partial charge in [0.1, 0.15) is 0 Å². The van der Waals surface area contributed by atoms with Crippen molar-refractivity contribution < 1.29 is 9.30 Å². The van der Waals surface area contributed by atoms with Crippen LogP contribution in [0.2, 0.25) is 0 Å². The van der Waals surface area contributed by atoms with E-state index in [1.807, 2.05) is 11.5 Å². The minimum atomic E-state index is -0.335. The fraction of sp³-hybridized carbons (Fsp3) is 0. The summed E-state index contributed by atoms with van der Waals surface area (Å²) >= 11 is 5.75. The zero-order valence-corrected chi connectivity index (χ0v) is 12.1. The molecule has 2 aromatic rings. The van der Waals surface area contributed by atoms with Crippen LogP contribution in [0.5, 0.6) is 5.75 Å². The first kappa shape index (κ1) is 12.7. The van der Waals surface area contributed by atoms with Crippen molar-refractivity contribution in [3.63, 3.8) is 0 Å². The summed E-state index contributed by atoms with van der Waals surface area (Å²) in [7, 11) is -0.335. The predicted molar refractivity (Wildman–Crippen MR) is 70.9 cm³/mol. The molecule has 0 amide bonds. The number of nitrogens with zero attached hydrogens (tertiary/aromatic N) is 2. The first-order valence-electron chi connectivity index (χ1n) is 4.15. The molecule has 0 unspecified atom stereocenters. The fourth-order valence-corrected chi connectivity index (χ4v) is 3.31. The van der Waals surface area contributed by atoms with Crippen LogP contribution in [-0.2, 0) is 4.57 Å². The van der Waals surface area contributed by atoms with Crippen LogP contribution in [0.25, 0.3) is 10.2 Å². The number of fused-ring (bicyclic) bond motifs is 1. The van der Waals surface area contributed by atoms with Gasteiger partial charge in [0.25, 0.3) is 0 Å². The Bertz CT molecular complexity index is 719. The Morgan fingerprint density at radius 1 is 1.59 bits per heavy atom. The molecule has 8 heteroatoms. The van der Waals surface area contributed by atoms with Crippen LogP contribution in [-0.4, -0.2) is 4.98 Å². The Balaban J connectivity index is 2.62. The van der Waals surface area contributed by atoms with Crippen molar-refractivity contribution >= 4 is 57.2 Å². The van der Waals surface area contributed by atoms with Crippen LogP contribution in [0.1, 0.15) is 0 Å². The number of rotatable bonds is 2. The number of thioether (sulfide) groups is 1. The summed E-state index contributed by atoms with van der Waals surface area (Å²) in [4.78, 5) is 4.99. The topological polar surface area (TPSA) is 63.0 Å². The molecule has 0 spiro atoms. The van der Waals surface area contributed by atoms with Gasteiger partial charge in [0.05, 0.1) is 0 Å². The number of hydrogen-bond acceptors (Lipinski definition) is 6. The molecule has 0 aliphatic rings. The number of nitriles is 1. The SMILES string of the molecule is N#CSc1cc(OC#P=O)c2nc(Br)sc2c1. The van der Waals surface area contributed by atoms with E-state index in [1.165, 1.54) is 11.3 Å². The van der Waals surface area contributed by atoms with E-state index in [1.54, 1.807) is 6.07 Å². The number of hydrogen-bond donors (Lipinski definition) is 0. The Hall–Kier alpha value is -0.760. The standard InChI is InChI=1S/C9H2BrN2O2PS2/c10-9-12-8-6(14-4-15-13)1-5(16-3-11)2-7(8)17-9/h1-2H. The van der Waals surface area contributed by atoms with E-state index in [0.29, 0.717) is 11.3 Å². The number of benzene rings is 1. The molecule has 1 aromatic heterocycles. The Kier molecular flexibility index (Phi) is 4.27. The molecule has 0 atom stereocenters. The Labute approximate surface area is 114 Å². The third kappa shape index (κ3) is 2.92. The monoisotopic (exact) mass is 344 g/mol. The second-order valence-electron chi connectivity index (χ2n) is 2.71. The molecular formula is C9H2BrN2O2PS2. The summed E-state index contributed by atoms with van der Waals surface area (Å²) in [6.07, 6.45) is 0. The fourth-order valence-electron chi connectivity index (χ4n) is 1.20. The van der Waals surface area contributed by atoms with Crippen LogP contribution >= 0.6 is 46.9 Å². The molecule has 0 bridgehead atoms. The number of thiazole rings is 1. The van der Waals surface area contributed by atoms with Gasteiger partial charge in [0, 0.05) is 0 Å². The average Bonchev–Trinajstić information content (AvgIpc) is 2.67. The number of ether oxygens (including phenoxy) is 1. The zero-order valence-electron chi connectivity index (χ0n) is 8.01. The summed E-state index contributed by atoms with van der Waals surface area (Å²) in [5.41, 5.74) is 0.653. The second-order valence-corrected chi connectivity index (χ2v) is 6.24. The maximum atomic E-state index is 10.3. The van der Waals surface area contributed by atoms with Gasteiger partial charge in [-0.15, -0.1) is 0 Å². The van der Waals surface area contributed by atoms with Gasteiger partial charge in [0.2, 0.25) is 0 Å². The molecule has 0 radical (unpaired) electrons. The summed E-state index contributed by atoms with van der Waals surface area (Å²) in [6, 6.07) is 3.52. The van der Waals surface area contributed by atoms with Crippen molar-refractivity contribution in [3.05, 3.63) is 16.0 Å². The zero-order chi connectivity index (χ0) is 12.3. The van der Waals surface area contributed by atoms with Crippen LogP contribution in [0.15, 0.2) is 20.9 Å². The molecule has 0 saturated carbocycles. The van der Waals surface area contributed by atoms with Gasteiger partial charge in [0.15, 0.2) is 0 Å². The van der Waals surface area contributed by atoms with E-state index in [-0.39, 0.29) is 7.92 Å². The molecule has 0 aliphatic carbocycles. The molecule has 84 valence electrons. The van der Waals surface area contributed by atoms with Crippen LogP contribution in [0.3, 0.4) is 0 Å². The summed E-state index contributed by atoms with van der Waals surface area (Å²) in [5.74, 6) is 2.64. The van der Waals surface area contributed by atoms with Crippen LogP contribution < -0.4 is 4.74 Å². The molecule has 0 fully saturated rings. The number of halogens is 1. The molecule has 1 aromatic carbocycles. The Morgan fingerprint density at radius 2 is 2.41 bits per heavy atom. The third-order valence-corrected chi connectivity index (χ3v) is 3.95. The normalized spacial score (nSPS) is 9.65. The number of thiocyanates is 1. The summed E-state index contributed by atoms with van der Waals surface area (Å²) < 4.78 is 17.0. The molecule has 0 aliphatic heterocycles. The first-order chi connectivity index (χ1) is 8.24. The first-order valence-corrected chi connectivity index (χ1v) is 7.38. The average molecular weight is 345 g/mol. The van der Waals surface area contributed by atoms with Gasteiger partial charge in [-0.2, -0.15) is 0 Å². The number of aromatic nitrogens is 1. The van der Waals surface area contributed by atoms with E-state index in [4.69, 9.17) is 10.00 Å². The van der Waals surface area contributed by atoms with Gasteiger partial charge in [-0.25, -0.2) is 0 Å². The van der Waals surface area contributed by atoms with Crippen LogP contribution in [0, 0.1) is 16.5 Å². The van der Waals surface area contributed by atoms with E-state index in [9.17, 15) is 4.57 Å². The third-order valence-electron chi connectivity index (χ3n) is 1.76. The predicted octanol–water partition coefficient (Wildman–Crippen LogP) is 4.22. The molecule has 17 heavy (non-hydrogen) atoms. The van der Waals surface area contributed by atoms with Crippen LogP contribution in [0.4, 0.5) is 0 Å². The van der Waals surface area contributed by atoms with E-state index >= 15 is 0 Å². The summed E-state index contributed by atoms with van der Waals surface area (Å²) in [6.45, 7) is 0. The van der Waals surface area contributed by atoms with Gasteiger partial charge >= 0.3 is 115 Å². The molecule has 2 rings (SSSR count). The van der Waals surface area contributed by atoms with Gasteiger partial charge in [-0.05, 0) is 0 Å². The Morgan fingerprint density at radius 3 is 3.12 bits per heavy atom. The molecule has 1 heterocycles. The van der Waals surface area contributed by atoms with Crippen molar-refractivity contribution in [1.29, 1.82) is 5.26 Å². The van der Waals surface area contributed by atoms with Crippen molar-refractivity contribution in [2.24, 2.45) is 0 Å². The minimum absolute atomic E-state index is 0.335. The summed E-state index contributed by atoms with van der Waals surface area (Å²) in [5, 5.41) is 10.6. The molecule has 0 saturated heterocycles. The molecule has 4 nitrogen and oxygen atoms in total.